The van der Waals surface area contributed by atoms with Crippen LogP contribution in [0.3, 0.4) is 0 Å². The van der Waals surface area contributed by atoms with Crippen molar-refractivity contribution in [3.8, 4) is 0 Å². The molecule has 3 rings (SSSR count). The van der Waals surface area contributed by atoms with Gasteiger partial charge in [0.05, 0.1) is 0 Å². The summed E-state index contributed by atoms with van der Waals surface area (Å²) in [6, 6.07) is 19.6. The summed E-state index contributed by atoms with van der Waals surface area (Å²) in [6.07, 6.45) is 2.96. The first kappa shape index (κ1) is 23.9. The van der Waals surface area contributed by atoms with E-state index in [0.717, 1.165) is 24.0 Å². The van der Waals surface area contributed by atoms with E-state index in [2.05, 4.69) is 0 Å². The standard InChI is InChI=1S/C24H26Cl3NO3/c25-24(26,27)17-31-23(30)28-20(13-11-18-7-3-1-4-8-18)15-22(29)16-21(28)14-12-19-9-5-2-6-10-19/h1-10,20-21H,11-17H2/t20-,21?/m1/s1. The molecular formula is C24H26Cl3NO3. The van der Waals surface area contributed by atoms with Crippen LogP contribution in [0.2, 0.25) is 0 Å². The molecule has 31 heavy (non-hydrogen) atoms. The van der Waals surface area contributed by atoms with Gasteiger partial charge in [-0.3, -0.25) is 4.79 Å². The average Bonchev–Trinajstić information content (AvgIpc) is 2.75. The Balaban J connectivity index is 1.74. The Morgan fingerprint density at radius 1 is 0.871 bits per heavy atom. The monoisotopic (exact) mass is 481 g/mol. The van der Waals surface area contributed by atoms with E-state index in [1.54, 1.807) is 4.90 Å². The predicted molar refractivity (Wildman–Crippen MR) is 125 cm³/mol. The third kappa shape index (κ3) is 7.71. The normalized spacial score (nSPS) is 19.3. The largest absolute Gasteiger partial charge is 0.445 e. The molecule has 1 amide bonds. The lowest BCUT2D eigenvalue weighted by Gasteiger charge is -2.41. The van der Waals surface area contributed by atoms with Crippen molar-refractivity contribution in [2.75, 3.05) is 6.61 Å². The van der Waals surface area contributed by atoms with Gasteiger partial charge >= 0.3 is 6.09 Å². The second-order valence-corrected chi connectivity index (χ2v) is 10.4. The highest BCUT2D eigenvalue weighted by Gasteiger charge is 2.39. The van der Waals surface area contributed by atoms with Crippen LogP contribution >= 0.6 is 34.8 Å². The highest BCUT2D eigenvalue weighted by Crippen LogP contribution is 2.30. The van der Waals surface area contributed by atoms with E-state index < -0.39 is 9.89 Å². The molecule has 0 bridgehead atoms. The van der Waals surface area contributed by atoms with Crippen molar-refractivity contribution in [1.29, 1.82) is 0 Å². The van der Waals surface area contributed by atoms with Crippen molar-refractivity contribution in [3.05, 3.63) is 71.8 Å². The fraction of sp³-hybridized carbons (Fsp3) is 0.417. The van der Waals surface area contributed by atoms with Gasteiger partial charge in [0.15, 0.2) is 0 Å². The molecule has 2 atom stereocenters. The lowest BCUT2D eigenvalue weighted by molar-refractivity contribution is -0.124. The number of benzene rings is 2. The lowest BCUT2D eigenvalue weighted by Crippen LogP contribution is -2.53. The molecule has 0 N–H and O–H groups in total. The summed E-state index contributed by atoms with van der Waals surface area (Å²) in [5.41, 5.74) is 2.33. The van der Waals surface area contributed by atoms with E-state index in [9.17, 15) is 9.59 Å². The summed E-state index contributed by atoms with van der Waals surface area (Å²) in [5, 5.41) is 0. The maximum absolute atomic E-state index is 13.0. The van der Waals surface area contributed by atoms with E-state index in [4.69, 9.17) is 39.5 Å². The molecule has 4 nitrogen and oxygen atoms in total. The summed E-state index contributed by atoms with van der Waals surface area (Å²) in [6.45, 7) is -0.336. The first-order chi connectivity index (χ1) is 14.8. The number of carbonyl (C=O) groups is 2. The van der Waals surface area contributed by atoms with Gasteiger partial charge in [-0.25, -0.2) is 4.79 Å². The van der Waals surface area contributed by atoms with E-state index in [-0.39, 0.29) is 24.5 Å². The van der Waals surface area contributed by atoms with Gasteiger partial charge in [-0.15, -0.1) is 0 Å². The van der Waals surface area contributed by atoms with Gasteiger partial charge in [-0.2, -0.15) is 0 Å². The van der Waals surface area contributed by atoms with Crippen LogP contribution in [-0.4, -0.2) is 39.3 Å². The molecule has 0 radical (unpaired) electrons. The number of nitrogens with zero attached hydrogens (tertiary/aromatic N) is 1. The maximum atomic E-state index is 13.0. The number of hydrogen-bond acceptors (Lipinski definition) is 3. The molecule has 0 saturated carbocycles. The van der Waals surface area contributed by atoms with Crippen LogP contribution in [0.15, 0.2) is 60.7 Å². The number of halogens is 3. The summed E-state index contributed by atoms with van der Waals surface area (Å²) in [4.78, 5) is 27.3. The third-order valence-electron chi connectivity index (χ3n) is 5.50. The van der Waals surface area contributed by atoms with Crippen molar-refractivity contribution in [2.45, 2.75) is 54.4 Å². The number of alkyl halides is 3. The van der Waals surface area contributed by atoms with Gasteiger partial charge in [0.2, 0.25) is 3.79 Å². The average molecular weight is 483 g/mol. The van der Waals surface area contributed by atoms with Crippen molar-refractivity contribution in [1.82, 2.24) is 4.90 Å². The van der Waals surface area contributed by atoms with Crippen LogP contribution in [-0.2, 0) is 22.4 Å². The van der Waals surface area contributed by atoms with E-state index in [1.807, 2.05) is 60.7 Å². The molecule has 1 aliphatic rings. The van der Waals surface area contributed by atoms with Gasteiger partial charge in [-0.1, -0.05) is 95.5 Å². The first-order valence-corrected chi connectivity index (χ1v) is 11.6. The number of Topliss-reactive ketones (excluding diaryl/α,β-unsaturated/α-hetero) is 1. The molecule has 0 spiro atoms. The Bertz CT molecular complexity index is 800. The molecule has 166 valence electrons. The number of ether oxygens (including phenoxy) is 1. The third-order valence-corrected chi connectivity index (χ3v) is 5.83. The Morgan fingerprint density at radius 3 is 1.74 bits per heavy atom. The van der Waals surface area contributed by atoms with Crippen LogP contribution in [0.5, 0.6) is 0 Å². The van der Waals surface area contributed by atoms with E-state index in [0.29, 0.717) is 25.7 Å². The van der Waals surface area contributed by atoms with Crippen molar-refractivity contribution in [2.24, 2.45) is 0 Å². The zero-order chi connectivity index (χ0) is 22.3. The highest BCUT2D eigenvalue weighted by molar-refractivity contribution is 6.67. The molecule has 0 aromatic heterocycles. The summed E-state index contributed by atoms with van der Waals surface area (Å²) in [7, 11) is 0. The van der Waals surface area contributed by atoms with Gasteiger partial charge < -0.3 is 9.64 Å². The van der Waals surface area contributed by atoms with Gasteiger partial charge in [-0.05, 0) is 36.8 Å². The first-order valence-electron chi connectivity index (χ1n) is 10.4. The number of hydrogen-bond donors (Lipinski definition) is 0. The fourth-order valence-corrected chi connectivity index (χ4v) is 4.22. The maximum Gasteiger partial charge on any atom is 0.410 e. The number of ketones is 1. The Labute approximate surface area is 198 Å². The molecule has 1 heterocycles. The number of rotatable bonds is 7. The van der Waals surface area contributed by atoms with E-state index >= 15 is 0 Å². The minimum absolute atomic E-state index is 0.168. The Kier molecular flexibility index (Phi) is 8.65. The molecule has 2 aromatic rings. The van der Waals surface area contributed by atoms with Crippen molar-refractivity contribution >= 4 is 46.7 Å². The second kappa shape index (κ2) is 11.2. The minimum atomic E-state index is -1.68. The van der Waals surface area contributed by atoms with Crippen LogP contribution in [0.4, 0.5) is 4.79 Å². The van der Waals surface area contributed by atoms with E-state index in [1.165, 1.54) is 0 Å². The molecule has 1 unspecified atom stereocenters. The molecule has 0 aliphatic carbocycles. The molecule has 1 aliphatic heterocycles. The number of amides is 1. The predicted octanol–water partition coefficient (Wildman–Crippen LogP) is 6.16. The minimum Gasteiger partial charge on any atom is -0.445 e. The quantitative estimate of drug-likeness (QED) is 0.444. The van der Waals surface area contributed by atoms with Gasteiger partial charge in [0.25, 0.3) is 0 Å². The molecular weight excluding hydrogens is 457 g/mol. The van der Waals surface area contributed by atoms with Crippen LogP contribution in [0, 0.1) is 0 Å². The van der Waals surface area contributed by atoms with Crippen LogP contribution in [0.25, 0.3) is 0 Å². The summed E-state index contributed by atoms with van der Waals surface area (Å²) >= 11 is 17.3. The Morgan fingerprint density at radius 2 is 1.32 bits per heavy atom. The van der Waals surface area contributed by atoms with Crippen LogP contribution < -0.4 is 0 Å². The molecule has 1 fully saturated rings. The van der Waals surface area contributed by atoms with Crippen molar-refractivity contribution < 1.29 is 14.3 Å². The van der Waals surface area contributed by atoms with Gasteiger partial charge in [0, 0.05) is 24.9 Å². The number of carbonyl (C=O) groups excluding carboxylic acids is 2. The number of aryl methyl sites for hydroxylation is 2. The lowest BCUT2D eigenvalue weighted by atomic mass is 9.88. The summed E-state index contributed by atoms with van der Waals surface area (Å²) < 4.78 is 3.65. The number of piperidine rings is 1. The summed E-state index contributed by atoms with van der Waals surface area (Å²) in [5.74, 6) is 0.168. The zero-order valence-electron chi connectivity index (χ0n) is 17.2. The molecule has 7 heteroatoms. The van der Waals surface area contributed by atoms with Crippen molar-refractivity contribution in [3.63, 3.8) is 0 Å². The second-order valence-electron chi connectivity index (χ2n) is 7.88. The highest BCUT2D eigenvalue weighted by atomic mass is 35.6. The SMILES string of the molecule is O=C1CC(CCc2ccccc2)N(C(=O)OCC(Cl)(Cl)Cl)[C@H](CCc2ccccc2)C1. The Hall–Kier alpha value is -1.75. The smallest absolute Gasteiger partial charge is 0.410 e. The van der Waals surface area contributed by atoms with Gasteiger partial charge in [0.1, 0.15) is 12.4 Å². The molecule has 2 aromatic carbocycles. The topological polar surface area (TPSA) is 46.6 Å². The zero-order valence-corrected chi connectivity index (χ0v) is 19.5. The number of likely N-dealkylation sites (tertiary alicyclic amines) is 1. The van der Waals surface area contributed by atoms with Crippen LogP contribution in [0.1, 0.15) is 36.8 Å². The fourth-order valence-electron chi connectivity index (χ4n) is 4.06. The molecule has 1 saturated heterocycles.